The largest absolute Gasteiger partial charge is 0.454 e. The van der Waals surface area contributed by atoms with Gasteiger partial charge in [0.15, 0.2) is 6.61 Å². The van der Waals surface area contributed by atoms with E-state index in [4.69, 9.17) is 4.74 Å². The lowest BCUT2D eigenvalue weighted by Crippen LogP contribution is -2.42. The van der Waals surface area contributed by atoms with E-state index in [2.05, 4.69) is 5.32 Å². The molecule has 24 heavy (non-hydrogen) atoms. The zero-order valence-electron chi connectivity index (χ0n) is 13.5. The highest BCUT2D eigenvalue weighted by atomic mass is 16.5. The number of amides is 5. The van der Waals surface area contributed by atoms with Crippen molar-refractivity contribution in [3.63, 3.8) is 0 Å². The lowest BCUT2D eigenvalue weighted by molar-refractivity contribution is -0.154. The highest BCUT2D eigenvalue weighted by Crippen LogP contribution is 2.37. The van der Waals surface area contributed by atoms with Crippen LogP contribution < -0.4 is 10.6 Å². The summed E-state index contributed by atoms with van der Waals surface area (Å²) in [5.74, 6) is -2.99. The van der Waals surface area contributed by atoms with E-state index in [-0.39, 0.29) is 23.7 Å². The molecular weight excluding hydrogens is 318 g/mol. The van der Waals surface area contributed by atoms with Gasteiger partial charge in [0.25, 0.3) is 5.91 Å². The summed E-state index contributed by atoms with van der Waals surface area (Å²) in [5.41, 5.74) is 0. The summed E-state index contributed by atoms with van der Waals surface area (Å²) in [5, 5.41) is 4.33. The minimum Gasteiger partial charge on any atom is -0.454 e. The molecule has 1 saturated carbocycles. The molecule has 2 atom stereocenters. The lowest BCUT2D eigenvalue weighted by Gasteiger charge is -2.19. The third-order valence-electron chi connectivity index (χ3n) is 4.17. The van der Waals surface area contributed by atoms with Gasteiger partial charge in [-0.25, -0.2) is 4.79 Å². The fraction of sp³-hybridized carbons (Fsp3) is 0.667. The molecule has 0 aromatic rings. The Morgan fingerprint density at radius 1 is 1.12 bits per heavy atom. The van der Waals surface area contributed by atoms with Crippen molar-refractivity contribution in [2.24, 2.45) is 11.8 Å². The zero-order valence-corrected chi connectivity index (χ0v) is 13.5. The molecule has 0 aromatic heterocycles. The van der Waals surface area contributed by atoms with E-state index in [1.165, 1.54) is 0 Å². The number of carbonyl (C=O) groups excluding carboxylic acids is 5. The van der Waals surface area contributed by atoms with Gasteiger partial charge in [-0.2, -0.15) is 0 Å². The smallest absolute Gasteiger partial charge is 0.326 e. The maximum absolute atomic E-state index is 12.2. The number of fused-ring (bicyclic) bond motifs is 1. The molecule has 1 aliphatic carbocycles. The average Bonchev–Trinajstić information content (AvgIpc) is 2.79. The summed E-state index contributed by atoms with van der Waals surface area (Å²) < 4.78 is 4.72. The summed E-state index contributed by atoms with van der Waals surface area (Å²) in [4.78, 5) is 59.6. The number of hydrogen-bond donors (Lipinski definition) is 2. The fourth-order valence-electron chi connectivity index (χ4n) is 3.08. The summed E-state index contributed by atoms with van der Waals surface area (Å²) in [6, 6.07) is -0.687. The second kappa shape index (κ2) is 7.89. The summed E-state index contributed by atoms with van der Waals surface area (Å²) in [6.07, 6.45) is 3.13. The predicted molar refractivity (Wildman–Crippen MR) is 80.3 cm³/mol. The van der Waals surface area contributed by atoms with Crippen LogP contribution in [0.1, 0.15) is 32.6 Å². The summed E-state index contributed by atoms with van der Waals surface area (Å²) in [7, 11) is 0. The summed E-state index contributed by atoms with van der Waals surface area (Å²) >= 11 is 0. The van der Waals surface area contributed by atoms with Crippen LogP contribution in [0, 0.1) is 11.8 Å². The van der Waals surface area contributed by atoms with E-state index in [0.717, 1.165) is 17.7 Å². The van der Waals surface area contributed by atoms with Crippen LogP contribution in [0.4, 0.5) is 4.79 Å². The maximum atomic E-state index is 12.2. The van der Waals surface area contributed by atoms with Gasteiger partial charge in [-0.05, 0) is 19.8 Å². The standard InChI is InChI=1S/C15H21N3O6/c1-2-16-15(23)17-11(19)8-24-12(20)7-18-13(21)9-5-3-4-6-10(9)14(18)22/h9-10H,2-8H2,1H3,(H2,16,17,19,23)/t9-,10+. The molecule has 0 bridgehead atoms. The highest BCUT2D eigenvalue weighted by Gasteiger charge is 2.48. The zero-order chi connectivity index (χ0) is 17.7. The first-order valence-electron chi connectivity index (χ1n) is 8.02. The molecule has 0 radical (unpaired) electrons. The van der Waals surface area contributed by atoms with Crippen LogP contribution >= 0.6 is 0 Å². The van der Waals surface area contributed by atoms with Gasteiger partial charge in [0.1, 0.15) is 6.54 Å². The molecule has 5 amide bonds. The lowest BCUT2D eigenvalue weighted by atomic mass is 9.81. The minimum absolute atomic E-state index is 0.333. The van der Waals surface area contributed by atoms with Crippen LogP contribution in [0.3, 0.4) is 0 Å². The molecule has 1 saturated heterocycles. The van der Waals surface area contributed by atoms with Gasteiger partial charge < -0.3 is 10.1 Å². The van der Waals surface area contributed by atoms with Crippen LogP contribution in [-0.4, -0.2) is 54.3 Å². The third-order valence-corrected chi connectivity index (χ3v) is 4.17. The van der Waals surface area contributed by atoms with Crippen molar-refractivity contribution in [2.45, 2.75) is 32.6 Å². The van der Waals surface area contributed by atoms with Crippen molar-refractivity contribution in [1.82, 2.24) is 15.5 Å². The van der Waals surface area contributed by atoms with E-state index in [0.29, 0.717) is 19.4 Å². The van der Waals surface area contributed by atoms with E-state index < -0.39 is 31.1 Å². The second-order valence-electron chi connectivity index (χ2n) is 5.83. The molecule has 2 fully saturated rings. The molecule has 0 unspecified atom stereocenters. The van der Waals surface area contributed by atoms with Crippen molar-refractivity contribution >= 4 is 29.7 Å². The number of nitrogens with one attached hydrogen (secondary N) is 2. The van der Waals surface area contributed by atoms with Crippen LogP contribution in [0.25, 0.3) is 0 Å². The van der Waals surface area contributed by atoms with Gasteiger partial charge >= 0.3 is 12.0 Å². The molecule has 2 N–H and O–H groups in total. The van der Waals surface area contributed by atoms with Gasteiger partial charge in [0.05, 0.1) is 11.8 Å². The first-order valence-corrected chi connectivity index (χ1v) is 8.02. The summed E-state index contributed by atoms with van der Waals surface area (Å²) in [6.45, 7) is 0.879. The molecule has 0 spiro atoms. The quantitative estimate of drug-likeness (QED) is 0.517. The maximum Gasteiger partial charge on any atom is 0.326 e. The van der Waals surface area contributed by atoms with Gasteiger partial charge in [0, 0.05) is 6.54 Å². The van der Waals surface area contributed by atoms with Crippen molar-refractivity contribution in [2.75, 3.05) is 19.7 Å². The Balaban J connectivity index is 1.80. The molecule has 9 heteroatoms. The number of esters is 1. The molecule has 1 heterocycles. The Morgan fingerprint density at radius 2 is 1.71 bits per heavy atom. The van der Waals surface area contributed by atoms with E-state index in [9.17, 15) is 24.0 Å². The molecule has 2 aliphatic rings. The molecular formula is C15H21N3O6. The van der Waals surface area contributed by atoms with Crippen molar-refractivity contribution < 1.29 is 28.7 Å². The van der Waals surface area contributed by atoms with Crippen molar-refractivity contribution in [3.05, 3.63) is 0 Å². The second-order valence-corrected chi connectivity index (χ2v) is 5.83. The SMILES string of the molecule is CCNC(=O)NC(=O)COC(=O)CN1C(=O)[C@H]2CCCC[C@H]2C1=O. The van der Waals surface area contributed by atoms with E-state index in [1.54, 1.807) is 6.92 Å². The monoisotopic (exact) mass is 339 g/mol. The van der Waals surface area contributed by atoms with Crippen molar-refractivity contribution in [1.29, 1.82) is 0 Å². The number of carbonyl (C=O) groups is 5. The molecule has 132 valence electrons. The van der Waals surface area contributed by atoms with Gasteiger partial charge in [-0.15, -0.1) is 0 Å². The fourth-order valence-corrected chi connectivity index (χ4v) is 3.08. The van der Waals surface area contributed by atoms with Gasteiger partial charge in [-0.3, -0.25) is 29.4 Å². The van der Waals surface area contributed by atoms with Gasteiger partial charge in [-0.1, -0.05) is 12.8 Å². The van der Waals surface area contributed by atoms with E-state index >= 15 is 0 Å². The third kappa shape index (κ3) is 4.09. The Labute approximate surface area is 139 Å². The number of ether oxygens (including phenoxy) is 1. The first kappa shape index (κ1) is 17.9. The van der Waals surface area contributed by atoms with E-state index in [1.807, 2.05) is 5.32 Å². The highest BCUT2D eigenvalue weighted by molar-refractivity contribution is 6.07. The number of urea groups is 1. The first-order chi connectivity index (χ1) is 11.4. The Bertz CT molecular complexity index is 537. The average molecular weight is 339 g/mol. The van der Waals surface area contributed by atoms with Crippen LogP contribution in [-0.2, 0) is 23.9 Å². The number of nitrogens with zero attached hydrogens (tertiary/aromatic N) is 1. The number of imide groups is 2. The van der Waals surface area contributed by atoms with Crippen molar-refractivity contribution in [3.8, 4) is 0 Å². The van der Waals surface area contributed by atoms with Crippen LogP contribution in [0.5, 0.6) is 0 Å². The van der Waals surface area contributed by atoms with Gasteiger partial charge in [0.2, 0.25) is 11.8 Å². The predicted octanol–water partition coefficient (Wildman–Crippen LogP) is -0.449. The molecule has 0 aromatic carbocycles. The van der Waals surface area contributed by atoms with Crippen LogP contribution in [0.15, 0.2) is 0 Å². The normalized spacial score (nSPS) is 22.8. The number of rotatable bonds is 5. The Hall–Kier alpha value is -2.45. The molecule has 9 nitrogen and oxygen atoms in total. The Kier molecular flexibility index (Phi) is 5.88. The number of hydrogen-bond acceptors (Lipinski definition) is 6. The molecule has 2 rings (SSSR count). The minimum atomic E-state index is -0.860. The Morgan fingerprint density at radius 3 is 2.25 bits per heavy atom. The number of likely N-dealkylation sites (tertiary alicyclic amines) is 1. The van der Waals surface area contributed by atoms with Crippen LogP contribution in [0.2, 0.25) is 0 Å². The molecule has 1 aliphatic heterocycles. The topological polar surface area (TPSA) is 122 Å².